The molecule has 3 nitrogen and oxygen atoms in total. The van der Waals surface area contributed by atoms with Crippen molar-refractivity contribution < 1.29 is 18.0 Å². The predicted octanol–water partition coefficient (Wildman–Crippen LogP) is 4.52. The van der Waals surface area contributed by atoms with Crippen LogP contribution in [0.4, 0.5) is 13.2 Å². The SMILES string of the molecule is O=C(N[C@H]1CCC[C@H](C(F)(F)F)C1)c1ccc(CN2CCCCC2)cc1. The maximum atomic E-state index is 12.9. The normalized spacial score (nSPS) is 25.0. The quantitative estimate of drug-likeness (QED) is 0.847. The van der Waals surface area contributed by atoms with E-state index in [2.05, 4.69) is 10.2 Å². The third kappa shape index (κ3) is 5.22. The van der Waals surface area contributed by atoms with Crippen LogP contribution in [0.2, 0.25) is 0 Å². The van der Waals surface area contributed by atoms with Crippen LogP contribution in [0.15, 0.2) is 24.3 Å². The summed E-state index contributed by atoms with van der Waals surface area (Å²) in [6.07, 6.45) is 0.881. The molecule has 1 N–H and O–H groups in total. The van der Waals surface area contributed by atoms with Gasteiger partial charge in [-0.05, 0) is 62.9 Å². The summed E-state index contributed by atoms with van der Waals surface area (Å²) < 4.78 is 38.7. The van der Waals surface area contributed by atoms with E-state index >= 15 is 0 Å². The fourth-order valence-electron chi connectivity index (χ4n) is 4.02. The van der Waals surface area contributed by atoms with E-state index in [-0.39, 0.29) is 18.7 Å². The second-order valence-corrected chi connectivity index (χ2v) is 7.61. The van der Waals surface area contributed by atoms with Crippen molar-refractivity contribution in [3.8, 4) is 0 Å². The molecule has 0 unspecified atom stereocenters. The molecule has 144 valence electrons. The fourth-order valence-corrected chi connectivity index (χ4v) is 4.02. The van der Waals surface area contributed by atoms with Crippen molar-refractivity contribution in [2.24, 2.45) is 5.92 Å². The molecule has 0 aromatic heterocycles. The number of rotatable bonds is 4. The third-order valence-corrected chi connectivity index (χ3v) is 5.54. The zero-order chi connectivity index (χ0) is 18.6. The maximum absolute atomic E-state index is 12.9. The Hall–Kier alpha value is -1.56. The fraction of sp³-hybridized carbons (Fsp3) is 0.650. The number of hydrogen-bond donors (Lipinski definition) is 1. The lowest BCUT2D eigenvalue weighted by atomic mass is 9.85. The first-order valence-electron chi connectivity index (χ1n) is 9.61. The van der Waals surface area contributed by atoms with Gasteiger partial charge in [0.2, 0.25) is 0 Å². The molecule has 1 aromatic rings. The Morgan fingerprint density at radius 1 is 1.04 bits per heavy atom. The van der Waals surface area contributed by atoms with Crippen molar-refractivity contribution in [1.82, 2.24) is 10.2 Å². The molecule has 26 heavy (non-hydrogen) atoms. The average molecular weight is 368 g/mol. The average Bonchev–Trinajstić information content (AvgIpc) is 2.63. The molecule has 6 heteroatoms. The van der Waals surface area contributed by atoms with Crippen molar-refractivity contribution >= 4 is 5.91 Å². The van der Waals surface area contributed by atoms with E-state index in [0.29, 0.717) is 18.4 Å². The molecule has 2 aliphatic rings. The molecule has 0 spiro atoms. The second kappa shape index (κ2) is 8.42. The molecule has 1 aliphatic heterocycles. The number of likely N-dealkylation sites (tertiary alicyclic amines) is 1. The summed E-state index contributed by atoms with van der Waals surface area (Å²) in [6.45, 7) is 3.12. The molecular weight excluding hydrogens is 341 g/mol. The molecular formula is C20H27F3N2O. The van der Waals surface area contributed by atoms with E-state index in [1.54, 1.807) is 12.1 Å². The lowest BCUT2D eigenvalue weighted by Crippen LogP contribution is -2.41. The monoisotopic (exact) mass is 368 g/mol. The van der Waals surface area contributed by atoms with E-state index in [4.69, 9.17) is 0 Å². The highest BCUT2D eigenvalue weighted by Gasteiger charge is 2.42. The number of halogens is 3. The number of hydrogen-bond acceptors (Lipinski definition) is 2. The van der Waals surface area contributed by atoms with Crippen molar-refractivity contribution in [1.29, 1.82) is 0 Å². The molecule has 3 rings (SSSR count). The van der Waals surface area contributed by atoms with Gasteiger partial charge in [0.25, 0.3) is 5.91 Å². The van der Waals surface area contributed by atoms with Crippen LogP contribution in [-0.4, -0.2) is 36.1 Å². The Labute approximate surface area is 152 Å². The number of nitrogens with one attached hydrogen (secondary N) is 1. The first kappa shape index (κ1) is 19.2. The van der Waals surface area contributed by atoms with Gasteiger partial charge in [0.15, 0.2) is 0 Å². The number of nitrogens with zero attached hydrogens (tertiary/aromatic N) is 1. The van der Waals surface area contributed by atoms with Gasteiger partial charge in [-0.2, -0.15) is 13.2 Å². The molecule has 2 atom stereocenters. The lowest BCUT2D eigenvalue weighted by molar-refractivity contribution is -0.183. The zero-order valence-electron chi connectivity index (χ0n) is 15.0. The minimum Gasteiger partial charge on any atom is -0.349 e. The minimum atomic E-state index is -4.17. The number of amides is 1. The minimum absolute atomic E-state index is 0.0116. The van der Waals surface area contributed by atoms with Crippen LogP contribution in [0.5, 0.6) is 0 Å². The van der Waals surface area contributed by atoms with Gasteiger partial charge in [-0.15, -0.1) is 0 Å². The van der Waals surface area contributed by atoms with Crippen molar-refractivity contribution in [3.05, 3.63) is 35.4 Å². The maximum Gasteiger partial charge on any atom is 0.391 e. The van der Waals surface area contributed by atoms with Crippen LogP contribution in [0, 0.1) is 5.92 Å². The molecule has 1 amide bonds. The summed E-state index contributed by atoms with van der Waals surface area (Å²) in [4.78, 5) is 14.8. The van der Waals surface area contributed by atoms with Gasteiger partial charge in [0, 0.05) is 18.2 Å². The molecule has 1 saturated carbocycles. The summed E-state index contributed by atoms with van der Waals surface area (Å²) in [5.74, 6) is -1.57. The van der Waals surface area contributed by atoms with Crippen LogP contribution in [0.25, 0.3) is 0 Å². The zero-order valence-corrected chi connectivity index (χ0v) is 15.0. The predicted molar refractivity (Wildman–Crippen MR) is 94.8 cm³/mol. The van der Waals surface area contributed by atoms with E-state index in [1.165, 1.54) is 24.8 Å². The molecule has 2 fully saturated rings. The van der Waals surface area contributed by atoms with Gasteiger partial charge < -0.3 is 5.32 Å². The van der Waals surface area contributed by atoms with Crippen LogP contribution in [0.1, 0.15) is 60.9 Å². The Balaban J connectivity index is 1.53. The first-order valence-corrected chi connectivity index (χ1v) is 9.61. The summed E-state index contributed by atoms with van der Waals surface area (Å²) in [5.41, 5.74) is 1.68. The van der Waals surface area contributed by atoms with Gasteiger partial charge in [-0.25, -0.2) is 0 Å². The van der Waals surface area contributed by atoms with Gasteiger partial charge in [0.1, 0.15) is 0 Å². The highest BCUT2D eigenvalue weighted by atomic mass is 19.4. The number of benzene rings is 1. The first-order chi connectivity index (χ1) is 12.4. The number of carbonyl (C=O) groups is 1. The Morgan fingerprint density at radius 3 is 2.38 bits per heavy atom. The summed E-state index contributed by atoms with van der Waals surface area (Å²) in [6, 6.07) is 7.05. The Bertz CT molecular complexity index is 594. The summed E-state index contributed by atoms with van der Waals surface area (Å²) in [5, 5.41) is 2.79. The molecule has 0 bridgehead atoms. The largest absolute Gasteiger partial charge is 0.391 e. The summed E-state index contributed by atoms with van der Waals surface area (Å²) in [7, 11) is 0. The Morgan fingerprint density at radius 2 is 1.73 bits per heavy atom. The standard InChI is InChI=1S/C20H27F3N2O/c21-20(22,23)17-5-4-6-18(13-17)24-19(26)16-9-7-15(8-10-16)14-25-11-2-1-3-12-25/h7-10,17-18H,1-6,11-14H2,(H,24,26)/t17-,18-/m0/s1. The third-order valence-electron chi connectivity index (χ3n) is 5.54. The lowest BCUT2D eigenvalue weighted by Gasteiger charge is -2.31. The van der Waals surface area contributed by atoms with Crippen LogP contribution < -0.4 is 5.32 Å². The van der Waals surface area contributed by atoms with Gasteiger partial charge >= 0.3 is 6.18 Å². The van der Waals surface area contributed by atoms with E-state index in [0.717, 1.165) is 19.6 Å². The van der Waals surface area contributed by atoms with Crippen LogP contribution in [-0.2, 0) is 6.54 Å². The summed E-state index contributed by atoms with van der Waals surface area (Å²) >= 11 is 0. The van der Waals surface area contributed by atoms with Gasteiger partial charge in [0.05, 0.1) is 5.92 Å². The topological polar surface area (TPSA) is 32.3 Å². The highest BCUT2D eigenvalue weighted by Crippen LogP contribution is 2.37. The van der Waals surface area contributed by atoms with Crippen molar-refractivity contribution in [2.75, 3.05) is 13.1 Å². The number of piperidine rings is 1. The van der Waals surface area contributed by atoms with Crippen LogP contribution >= 0.6 is 0 Å². The van der Waals surface area contributed by atoms with Gasteiger partial charge in [-0.3, -0.25) is 9.69 Å². The van der Waals surface area contributed by atoms with Gasteiger partial charge in [-0.1, -0.05) is 25.0 Å². The Kier molecular flexibility index (Phi) is 6.22. The van der Waals surface area contributed by atoms with Crippen molar-refractivity contribution in [2.45, 2.75) is 63.7 Å². The number of carbonyl (C=O) groups excluding carboxylic acids is 1. The molecule has 1 aliphatic carbocycles. The molecule has 0 radical (unpaired) electrons. The van der Waals surface area contributed by atoms with Crippen LogP contribution in [0.3, 0.4) is 0 Å². The molecule has 1 heterocycles. The smallest absolute Gasteiger partial charge is 0.349 e. The van der Waals surface area contributed by atoms with E-state index in [1.807, 2.05) is 12.1 Å². The molecule has 1 aromatic carbocycles. The molecule has 1 saturated heterocycles. The van der Waals surface area contributed by atoms with E-state index in [9.17, 15) is 18.0 Å². The number of alkyl halides is 3. The van der Waals surface area contributed by atoms with E-state index < -0.39 is 18.1 Å². The van der Waals surface area contributed by atoms with Crippen molar-refractivity contribution in [3.63, 3.8) is 0 Å². The highest BCUT2D eigenvalue weighted by molar-refractivity contribution is 5.94. The second-order valence-electron chi connectivity index (χ2n) is 7.61.